The van der Waals surface area contributed by atoms with Gasteiger partial charge < -0.3 is 15.5 Å². The molecular weight excluding hydrogens is 282 g/mol. The summed E-state index contributed by atoms with van der Waals surface area (Å²) < 4.78 is 0. The molecule has 0 aromatic rings. The maximum atomic E-state index is 12.1. The number of carbonyl (C=O) groups excluding carboxylic acids is 3. The van der Waals surface area contributed by atoms with Crippen molar-refractivity contribution in [3.8, 4) is 0 Å². The molecule has 1 fully saturated rings. The van der Waals surface area contributed by atoms with Gasteiger partial charge in [0, 0.05) is 38.0 Å². The number of unbranched alkanes of at least 4 members (excludes halogenated alkanes) is 1. The van der Waals surface area contributed by atoms with Crippen molar-refractivity contribution in [1.82, 2.24) is 15.5 Å². The standard InChI is InChI=1S/C16H29N3O3/c1-5-6-7-13(20)17-8-9-18-15(22)12-10-14(21)19(11-12)16(2,3)4/h12H,5-11H2,1-4H3,(H,17,20)(H,18,22). The number of hydrogen-bond donors (Lipinski definition) is 2. The summed E-state index contributed by atoms with van der Waals surface area (Å²) in [5, 5.41) is 5.57. The Kier molecular flexibility index (Phi) is 6.84. The monoisotopic (exact) mass is 311 g/mol. The summed E-state index contributed by atoms with van der Waals surface area (Å²) >= 11 is 0. The van der Waals surface area contributed by atoms with Crippen molar-refractivity contribution in [3.05, 3.63) is 0 Å². The highest BCUT2D eigenvalue weighted by atomic mass is 16.2. The number of nitrogens with zero attached hydrogens (tertiary/aromatic N) is 1. The Balaban J connectivity index is 2.27. The molecule has 0 aromatic carbocycles. The van der Waals surface area contributed by atoms with Crippen LogP contribution in [0.5, 0.6) is 0 Å². The summed E-state index contributed by atoms with van der Waals surface area (Å²) in [7, 11) is 0. The predicted molar refractivity (Wildman–Crippen MR) is 85.1 cm³/mol. The highest BCUT2D eigenvalue weighted by Crippen LogP contribution is 2.25. The Morgan fingerprint density at radius 1 is 1.23 bits per heavy atom. The van der Waals surface area contributed by atoms with Gasteiger partial charge in [-0.25, -0.2) is 0 Å². The van der Waals surface area contributed by atoms with Gasteiger partial charge in [0.05, 0.1) is 5.92 Å². The van der Waals surface area contributed by atoms with Gasteiger partial charge in [-0.1, -0.05) is 13.3 Å². The molecule has 126 valence electrons. The second-order valence-electron chi connectivity index (χ2n) is 6.82. The molecule has 6 nitrogen and oxygen atoms in total. The zero-order valence-electron chi connectivity index (χ0n) is 14.2. The number of likely N-dealkylation sites (tertiary alicyclic amines) is 1. The van der Waals surface area contributed by atoms with Gasteiger partial charge in [0.25, 0.3) is 0 Å². The van der Waals surface area contributed by atoms with E-state index in [9.17, 15) is 14.4 Å². The van der Waals surface area contributed by atoms with Crippen molar-refractivity contribution < 1.29 is 14.4 Å². The lowest BCUT2D eigenvalue weighted by molar-refractivity contribution is -0.132. The molecule has 0 aliphatic carbocycles. The molecule has 6 heteroatoms. The molecule has 1 saturated heterocycles. The van der Waals surface area contributed by atoms with E-state index in [0.29, 0.717) is 26.1 Å². The summed E-state index contributed by atoms with van der Waals surface area (Å²) in [4.78, 5) is 37.2. The van der Waals surface area contributed by atoms with Crippen LogP contribution < -0.4 is 10.6 Å². The predicted octanol–water partition coefficient (Wildman–Crippen LogP) is 1.06. The lowest BCUT2D eigenvalue weighted by atomic mass is 10.1. The quantitative estimate of drug-likeness (QED) is 0.690. The maximum absolute atomic E-state index is 12.1. The molecule has 0 spiro atoms. The van der Waals surface area contributed by atoms with E-state index < -0.39 is 0 Å². The molecule has 1 heterocycles. The van der Waals surface area contributed by atoms with Crippen molar-refractivity contribution in [2.75, 3.05) is 19.6 Å². The Bertz CT molecular complexity index is 415. The third kappa shape index (κ3) is 5.66. The number of amides is 3. The van der Waals surface area contributed by atoms with Gasteiger partial charge in [0.1, 0.15) is 0 Å². The lowest BCUT2D eigenvalue weighted by Crippen LogP contribution is -2.43. The van der Waals surface area contributed by atoms with Crippen molar-refractivity contribution >= 4 is 17.7 Å². The van der Waals surface area contributed by atoms with Crippen molar-refractivity contribution in [1.29, 1.82) is 0 Å². The number of rotatable bonds is 7. The van der Waals surface area contributed by atoms with Crippen LogP contribution in [0.4, 0.5) is 0 Å². The Hall–Kier alpha value is -1.59. The minimum atomic E-state index is -0.289. The fraction of sp³-hybridized carbons (Fsp3) is 0.812. The Labute approximate surface area is 133 Å². The smallest absolute Gasteiger partial charge is 0.225 e. The molecule has 0 bridgehead atoms. The molecule has 0 saturated carbocycles. The highest BCUT2D eigenvalue weighted by Gasteiger charge is 2.39. The Morgan fingerprint density at radius 2 is 1.86 bits per heavy atom. The van der Waals surface area contributed by atoms with Gasteiger partial charge in [-0.2, -0.15) is 0 Å². The second kappa shape index (κ2) is 8.15. The van der Waals surface area contributed by atoms with Crippen LogP contribution in [-0.4, -0.2) is 47.8 Å². The molecule has 3 amide bonds. The van der Waals surface area contributed by atoms with Crippen LogP contribution in [0, 0.1) is 5.92 Å². The van der Waals surface area contributed by atoms with E-state index in [1.54, 1.807) is 4.90 Å². The van der Waals surface area contributed by atoms with E-state index in [1.165, 1.54) is 0 Å². The van der Waals surface area contributed by atoms with Gasteiger partial charge in [0.2, 0.25) is 17.7 Å². The van der Waals surface area contributed by atoms with Gasteiger partial charge >= 0.3 is 0 Å². The van der Waals surface area contributed by atoms with Crippen LogP contribution in [0.2, 0.25) is 0 Å². The topological polar surface area (TPSA) is 78.5 Å². The van der Waals surface area contributed by atoms with E-state index in [-0.39, 0.29) is 35.6 Å². The zero-order chi connectivity index (χ0) is 16.8. The summed E-state index contributed by atoms with van der Waals surface area (Å²) in [6.45, 7) is 9.24. The van der Waals surface area contributed by atoms with E-state index in [4.69, 9.17) is 0 Å². The minimum absolute atomic E-state index is 0.0195. The van der Waals surface area contributed by atoms with Crippen LogP contribution in [-0.2, 0) is 14.4 Å². The first-order valence-electron chi connectivity index (χ1n) is 8.10. The molecule has 0 aromatic heterocycles. The molecule has 1 rings (SSSR count). The van der Waals surface area contributed by atoms with Crippen molar-refractivity contribution in [2.24, 2.45) is 5.92 Å². The summed E-state index contributed by atoms with van der Waals surface area (Å²) in [6, 6.07) is 0. The SMILES string of the molecule is CCCCC(=O)NCCNC(=O)C1CC(=O)N(C(C)(C)C)C1. The van der Waals surface area contributed by atoms with Crippen LogP contribution >= 0.6 is 0 Å². The van der Waals surface area contributed by atoms with Crippen LogP contribution in [0.15, 0.2) is 0 Å². The molecular formula is C16H29N3O3. The number of hydrogen-bond acceptors (Lipinski definition) is 3. The molecule has 0 radical (unpaired) electrons. The minimum Gasteiger partial charge on any atom is -0.354 e. The average Bonchev–Trinajstić information content (AvgIpc) is 2.83. The summed E-state index contributed by atoms with van der Waals surface area (Å²) in [6.07, 6.45) is 2.67. The lowest BCUT2D eigenvalue weighted by Gasteiger charge is -2.31. The maximum Gasteiger partial charge on any atom is 0.225 e. The van der Waals surface area contributed by atoms with E-state index >= 15 is 0 Å². The molecule has 1 atom stereocenters. The Morgan fingerprint density at radius 3 is 2.41 bits per heavy atom. The summed E-state index contributed by atoms with van der Waals surface area (Å²) in [5.41, 5.74) is -0.251. The molecule has 1 aliphatic heterocycles. The summed E-state index contributed by atoms with van der Waals surface area (Å²) in [5.74, 6) is -0.350. The van der Waals surface area contributed by atoms with E-state index in [0.717, 1.165) is 12.8 Å². The highest BCUT2D eigenvalue weighted by molar-refractivity contribution is 5.89. The van der Waals surface area contributed by atoms with Crippen LogP contribution in [0.1, 0.15) is 53.4 Å². The molecule has 1 unspecified atom stereocenters. The first-order chi connectivity index (χ1) is 10.3. The van der Waals surface area contributed by atoms with Crippen molar-refractivity contribution in [2.45, 2.75) is 58.9 Å². The third-order valence-corrected chi connectivity index (χ3v) is 3.81. The normalized spacial score (nSPS) is 18.5. The van der Waals surface area contributed by atoms with E-state index in [1.807, 2.05) is 27.7 Å². The van der Waals surface area contributed by atoms with Crippen molar-refractivity contribution in [3.63, 3.8) is 0 Å². The number of carbonyl (C=O) groups is 3. The second-order valence-corrected chi connectivity index (χ2v) is 6.82. The van der Waals surface area contributed by atoms with Gasteiger partial charge in [-0.15, -0.1) is 0 Å². The molecule has 22 heavy (non-hydrogen) atoms. The van der Waals surface area contributed by atoms with E-state index in [2.05, 4.69) is 10.6 Å². The number of nitrogens with one attached hydrogen (secondary N) is 2. The zero-order valence-corrected chi connectivity index (χ0v) is 14.2. The van der Waals surface area contributed by atoms with Crippen LogP contribution in [0.3, 0.4) is 0 Å². The first kappa shape index (κ1) is 18.5. The first-order valence-corrected chi connectivity index (χ1v) is 8.10. The molecule has 1 aliphatic rings. The van der Waals surface area contributed by atoms with Gasteiger partial charge in [-0.05, 0) is 27.2 Å². The fourth-order valence-corrected chi connectivity index (χ4v) is 2.49. The largest absolute Gasteiger partial charge is 0.354 e. The fourth-order valence-electron chi connectivity index (χ4n) is 2.49. The third-order valence-electron chi connectivity index (χ3n) is 3.81. The van der Waals surface area contributed by atoms with Crippen LogP contribution in [0.25, 0.3) is 0 Å². The molecule has 2 N–H and O–H groups in total. The van der Waals surface area contributed by atoms with Gasteiger partial charge in [-0.3, -0.25) is 14.4 Å². The average molecular weight is 311 g/mol. The van der Waals surface area contributed by atoms with Gasteiger partial charge in [0.15, 0.2) is 0 Å².